The summed E-state index contributed by atoms with van der Waals surface area (Å²) in [6.07, 6.45) is -0.598. The number of carbonyl (C=O) groups is 4. The lowest BCUT2D eigenvalue weighted by atomic mass is 10.2. The van der Waals surface area contributed by atoms with Gasteiger partial charge in [0.15, 0.2) is 0 Å². The molecule has 0 bridgehead atoms. The van der Waals surface area contributed by atoms with Crippen LogP contribution in [0.1, 0.15) is 13.8 Å². The Morgan fingerprint density at radius 1 is 1.30 bits per heavy atom. The predicted molar refractivity (Wildman–Crippen MR) is 118 cm³/mol. The third kappa shape index (κ3) is 7.59. The lowest BCUT2D eigenvalue weighted by Crippen LogP contribution is -2.47. The molecule has 1 aromatic carbocycles. The highest BCUT2D eigenvalue weighted by Gasteiger charge is 2.26. The van der Waals surface area contributed by atoms with Gasteiger partial charge in [-0.25, -0.2) is 14.6 Å². The number of halogens is 1. The van der Waals surface area contributed by atoms with Crippen molar-refractivity contribution in [1.29, 1.82) is 0 Å². The third-order valence-electron chi connectivity index (χ3n) is 4.99. The molecule has 0 saturated carbocycles. The molecule has 0 aromatic heterocycles. The van der Waals surface area contributed by atoms with E-state index in [-0.39, 0.29) is 32.1 Å². The maximum atomic E-state index is 15.0. The maximum absolute atomic E-state index is 15.0. The zero-order valence-electron chi connectivity index (χ0n) is 19.0. The van der Waals surface area contributed by atoms with E-state index in [0.717, 1.165) is 0 Å². The van der Waals surface area contributed by atoms with Crippen LogP contribution in [0.3, 0.4) is 0 Å². The van der Waals surface area contributed by atoms with Crippen LogP contribution in [0.4, 0.5) is 15.8 Å². The van der Waals surface area contributed by atoms with Gasteiger partial charge < -0.3 is 24.6 Å². The molecule has 182 valence electrons. The summed E-state index contributed by atoms with van der Waals surface area (Å²) in [5.74, 6) is -2.43. The molecule has 1 atom stereocenters. The molecule has 33 heavy (non-hydrogen) atoms. The van der Waals surface area contributed by atoms with Crippen LogP contribution in [0.25, 0.3) is 0 Å². The first-order valence-electron chi connectivity index (χ1n) is 10.6. The van der Waals surface area contributed by atoms with E-state index < -0.39 is 23.8 Å². The zero-order chi connectivity index (χ0) is 24.4. The van der Waals surface area contributed by atoms with Gasteiger partial charge in [-0.15, -0.1) is 0 Å². The van der Waals surface area contributed by atoms with Crippen LogP contribution >= 0.6 is 0 Å². The Morgan fingerprint density at radius 3 is 2.70 bits per heavy atom. The van der Waals surface area contributed by atoms with Crippen molar-refractivity contribution in [1.82, 2.24) is 15.8 Å². The molecule has 0 unspecified atom stereocenters. The third-order valence-corrected chi connectivity index (χ3v) is 4.99. The van der Waals surface area contributed by atoms with Crippen LogP contribution < -0.4 is 20.5 Å². The van der Waals surface area contributed by atoms with Crippen molar-refractivity contribution in [2.45, 2.75) is 20.0 Å². The van der Waals surface area contributed by atoms with Gasteiger partial charge in [0.1, 0.15) is 11.9 Å². The number of benzene rings is 1. The first-order valence-corrected chi connectivity index (χ1v) is 10.6. The molecule has 2 amide bonds. The molecule has 1 saturated heterocycles. The van der Waals surface area contributed by atoms with Gasteiger partial charge in [0.05, 0.1) is 31.9 Å². The Morgan fingerprint density at radius 2 is 2.06 bits per heavy atom. The molecule has 1 fully saturated rings. The van der Waals surface area contributed by atoms with Crippen molar-refractivity contribution in [2.75, 3.05) is 62.7 Å². The second kappa shape index (κ2) is 12.6. The molecule has 12 heteroatoms. The number of ether oxygens (including phenoxy) is 2. The summed E-state index contributed by atoms with van der Waals surface area (Å²) in [6.45, 7) is 5.02. The summed E-state index contributed by atoms with van der Waals surface area (Å²) < 4.78 is 24.7. The average Bonchev–Trinajstić information content (AvgIpc) is 3.03. The second-order valence-electron chi connectivity index (χ2n) is 7.38. The topological polar surface area (TPSA) is 121 Å². The Hall–Kier alpha value is -3.41. The van der Waals surface area contributed by atoms with E-state index in [4.69, 9.17) is 9.47 Å². The predicted octanol–water partition coefficient (Wildman–Crippen LogP) is -0.344. The molecule has 2 N–H and O–H groups in total. The van der Waals surface area contributed by atoms with Gasteiger partial charge in [0.25, 0.3) is 6.47 Å². The SMILES string of the molecule is CCOC(=O)C(=O)N1CCN(c2ccc(N(C)C[C@H](CNC(C)=O)OC=O)cc2F)CCN1. The lowest BCUT2D eigenvalue weighted by Gasteiger charge is -2.27. The Labute approximate surface area is 191 Å². The van der Waals surface area contributed by atoms with Crippen LogP contribution in [-0.4, -0.2) is 88.3 Å². The van der Waals surface area contributed by atoms with Gasteiger partial charge in [0, 0.05) is 39.3 Å². The first kappa shape index (κ1) is 25.8. The van der Waals surface area contributed by atoms with Crippen LogP contribution in [0, 0.1) is 5.82 Å². The average molecular weight is 467 g/mol. The van der Waals surface area contributed by atoms with Crippen LogP contribution in [0.2, 0.25) is 0 Å². The van der Waals surface area contributed by atoms with E-state index in [0.29, 0.717) is 37.5 Å². The van der Waals surface area contributed by atoms with E-state index in [9.17, 15) is 23.6 Å². The van der Waals surface area contributed by atoms with Crippen LogP contribution in [0.15, 0.2) is 18.2 Å². The number of nitrogens with one attached hydrogen (secondary N) is 2. The molecule has 1 heterocycles. The monoisotopic (exact) mass is 467 g/mol. The molecule has 0 radical (unpaired) electrons. The van der Waals surface area contributed by atoms with Crippen LogP contribution in [-0.2, 0) is 28.7 Å². The molecule has 0 spiro atoms. The highest BCUT2D eigenvalue weighted by Crippen LogP contribution is 2.25. The van der Waals surface area contributed by atoms with Gasteiger partial charge in [-0.05, 0) is 25.1 Å². The van der Waals surface area contributed by atoms with E-state index >= 15 is 0 Å². The van der Waals surface area contributed by atoms with E-state index in [1.54, 1.807) is 35.9 Å². The number of hydrogen-bond donors (Lipinski definition) is 2. The molecule has 1 aromatic rings. The summed E-state index contributed by atoms with van der Waals surface area (Å²) in [7, 11) is 1.72. The molecular weight excluding hydrogens is 437 g/mol. The Balaban J connectivity index is 2.03. The van der Waals surface area contributed by atoms with Gasteiger partial charge >= 0.3 is 11.9 Å². The van der Waals surface area contributed by atoms with Gasteiger partial charge in [-0.2, -0.15) is 0 Å². The number of likely N-dealkylation sites (N-methyl/N-ethyl adjacent to an activating group) is 1. The minimum atomic E-state index is -0.938. The first-order chi connectivity index (χ1) is 15.8. The second-order valence-corrected chi connectivity index (χ2v) is 7.38. The number of esters is 1. The molecule has 11 nitrogen and oxygen atoms in total. The summed E-state index contributed by atoms with van der Waals surface area (Å²) in [5, 5.41) is 3.77. The van der Waals surface area contributed by atoms with Crippen molar-refractivity contribution >= 4 is 35.6 Å². The maximum Gasteiger partial charge on any atom is 0.398 e. The van der Waals surface area contributed by atoms with Gasteiger partial charge in [-0.3, -0.25) is 19.4 Å². The minimum absolute atomic E-state index is 0.103. The molecule has 1 aliphatic rings. The fourth-order valence-corrected chi connectivity index (χ4v) is 3.34. The quantitative estimate of drug-likeness (QED) is 0.285. The number of nitrogens with zero attached hydrogens (tertiary/aromatic N) is 3. The van der Waals surface area contributed by atoms with Crippen LogP contribution in [0.5, 0.6) is 0 Å². The van der Waals surface area contributed by atoms with Crippen molar-refractivity contribution < 1.29 is 33.0 Å². The summed E-state index contributed by atoms with van der Waals surface area (Å²) in [5.41, 5.74) is 3.78. The number of rotatable bonds is 9. The largest absolute Gasteiger partial charge is 0.461 e. The zero-order valence-corrected chi connectivity index (χ0v) is 19.0. The summed E-state index contributed by atoms with van der Waals surface area (Å²) >= 11 is 0. The highest BCUT2D eigenvalue weighted by molar-refractivity contribution is 6.32. The lowest BCUT2D eigenvalue weighted by molar-refractivity contribution is -0.161. The van der Waals surface area contributed by atoms with E-state index in [2.05, 4.69) is 10.7 Å². The Kier molecular flexibility index (Phi) is 9.85. The van der Waals surface area contributed by atoms with Crippen molar-refractivity contribution in [3.8, 4) is 0 Å². The summed E-state index contributed by atoms with van der Waals surface area (Å²) in [4.78, 5) is 49.1. The normalized spacial score (nSPS) is 14.7. The van der Waals surface area contributed by atoms with Gasteiger partial charge in [0.2, 0.25) is 5.91 Å². The van der Waals surface area contributed by atoms with Crippen molar-refractivity contribution in [3.63, 3.8) is 0 Å². The molecule has 1 aliphatic heterocycles. The molecule has 0 aliphatic carbocycles. The van der Waals surface area contributed by atoms with Crippen molar-refractivity contribution in [2.24, 2.45) is 0 Å². The number of carbonyl (C=O) groups excluding carboxylic acids is 4. The molecular formula is C21H30FN5O6. The standard InChI is InChI=1S/C21H30FN5O6/c1-4-32-21(31)20(30)27-10-9-26(8-7-24-27)19-6-5-16(11-18(19)22)25(3)13-17(33-14-28)12-23-15(2)29/h5-6,11,14,17,24H,4,7-10,12-13H2,1-3H3,(H,23,29)/t17-/m0/s1. The fraction of sp³-hybridized carbons (Fsp3) is 0.524. The van der Waals surface area contributed by atoms with E-state index in [1.165, 1.54) is 18.0 Å². The number of hydrazine groups is 1. The minimum Gasteiger partial charge on any atom is -0.461 e. The highest BCUT2D eigenvalue weighted by atomic mass is 19.1. The number of anilines is 2. The number of amides is 2. The smallest absolute Gasteiger partial charge is 0.398 e. The fourth-order valence-electron chi connectivity index (χ4n) is 3.34. The van der Waals surface area contributed by atoms with Gasteiger partial charge in [-0.1, -0.05) is 0 Å². The number of hydrogen-bond acceptors (Lipinski definition) is 9. The molecule has 2 rings (SSSR count). The van der Waals surface area contributed by atoms with Crippen molar-refractivity contribution in [3.05, 3.63) is 24.0 Å². The summed E-state index contributed by atoms with van der Waals surface area (Å²) in [6, 6.07) is 4.73. The van der Waals surface area contributed by atoms with E-state index in [1.807, 2.05) is 0 Å². The Bertz CT molecular complexity index is 854.